The topological polar surface area (TPSA) is 111 Å². The van der Waals surface area contributed by atoms with E-state index >= 15 is 0 Å². The molecule has 31 heavy (non-hydrogen) atoms. The number of ether oxygens (including phenoxy) is 2. The maximum atomic E-state index is 12.7. The number of nitrogens with zero attached hydrogens (tertiary/aromatic N) is 2. The molecule has 1 aliphatic carbocycles. The number of hydrogen-bond acceptors (Lipinski definition) is 6. The zero-order valence-electron chi connectivity index (χ0n) is 16.8. The van der Waals surface area contributed by atoms with Crippen LogP contribution in [0.25, 0.3) is 10.9 Å². The van der Waals surface area contributed by atoms with Crippen LogP contribution in [-0.4, -0.2) is 53.4 Å². The first-order valence-electron chi connectivity index (χ1n) is 10.2. The predicted molar refractivity (Wildman–Crippen MR) is 112 cm³/mol. The van der Waals surface area contributed by atoms with Crippen molar-refractivity contribution in [2.75, 3.05) is 31.7 Å². The van der Waals surface area contributed by atoms with Gasteiger partial charge >= 0.3 is 5.97 Å². The summed E-state index contributed by atoms with van der Waals surface area (Å²) in [7, 11) is 0. The van der Waals surface area contributed by atoms with Crippen LogP contribution in [0.5, 0.6) is 0 Å². The minimum atomic E-state index is -1.05. The predicted octanol–water partition coefficient (Wildman–Crippen LogP) is 2.35. The van der Waals surface area contributed by atoms with Gasteiger partial charge in [-0.25, -0.2) is 14.8 Å². The van der Waals surface area contributed by atoms with E-state index in [9.17, 15) is 9.59 Å². The fraction of sp³-hybridized carbons (Fsp3) is 0.304. The van der Waals surface area contributed by atoms with Crippen LogP contribution in [0.15, 0.2) is 42.6 Å². The third-order valence-corrected chi connectivity index (χ3v) is 5.95. The quantitative estimate of drug-likeness (QED) is 0.623. The number of carboxylic acids is 1. The first-order chi connectivity index (χ1) is 15.1. The normalized spacial score (nSPS) is 21.2. The van der Waals surface area contributed by atoms with Crippen molar-refractivity contribution in [3.8, 4) is 0 Å². The minimum Gasteiger partial charge on any atom is -0.477 e. The Morgan fingerprint density at radius 3 is 2.42 bits per heavy atom. The zero-order chi connectivity index (χ0) is 21.4. The van der Waals surface area contributed by atoms with E-state index in [2.05, 4.69) is 15.3 Å². The lowest BCUT2D eigenvalue weighted by atomic mass is 9.79. The lowest BCUT2D eigenvalue weighted by molar-refractivity contribution is -0.120. The third kappa shape index (κ3) is 3.43. The van der Waals surface area contributed by atoms with E-state index in [1.807, 2.05) is 24.3 Å². The van der Waals surface area contributed by atoms with Gasteiger partial charge in [0.15, 0.2) is 0 Å². The van der Waals surface area contributed by atoms with Gasteiger partial charge < -0.3 is 19.9 Å². The maximum Gasteiger partial charge on any atom is 0.354 e. The van der Waals surface area contributed by atoms with Crippen LogP contribution < -0.4 is 5.32 Å². The standard InChI is InChI=1S/C19H13N3O3.C4H8O2/c23-17(24)14-4-3-10-6-11-8-19(9-12(11)7-15(10)21-14)13-2-1-5-20-16(13)22-18(19)25;1-2-6-4-3-5-1/h1-7H,8-9H2,(H,23,24)(H,20,22,25);1-4H2/t19-;/m0./s1. The molecule has 3 aliphatic rings. The lowest BCUT2D eigenvalue weighted by Gasteiger charge is -2.20. The Bertz CT molecular complexity index is 1180. The number of anilines is 1. The molecule has 1 spiro atoms. The molecule has 0 radical (unpaired) electrons. The number of carbonyl (C=O) groups is 2. The van der Waals surface area contributed by atoms with Crippen molar-refractivity contribution in [3.63, 3.8) is 0 Å². The van der Waals surface area contributed by atoms with Crippen LogP contribution in [0.3, 0.4) is 0 Å². The minimum absolute atomic E-state index is 0.0216. The number of benzene rings is 1. The van der Waals surface area contributed by atoms with E-state index in [0.29, 0.717) is 24.2 Å². The molecule has 1 saturated heterocycles. The Kier molecular flexibility index (Phi) is 4.88. The Morgan fingerprint density at radius 2 is 1.74 bits per heavy atom. The number of amides is 1. The molecule has 1 atom stereocenters. The highest BCUT2D eigenvalue weighted by Gasteiger charge is 2.51. The molecule has 0 unspecified atom stereocenters. The van der Waals surface area contributed by atoms with Gasteiger partial charge in [0.25, 0.3) is 0 Å². The van der Waals surface area contributed by atoms with Crippen LogP contribution in [-0.2, 0) is 32.5 Å². The fourth-order valence-electron chi connectivity index (χ4n) is 4.45. The van der Waals surface area contributed by atoms with E-state index in [0.717, 1.165) is 48.5 Å². The summed E-state index contributed by atoms with van der Waals surface area (Å²) < 4.78 is 9.89. The first-order valence-corrected chi connectivity index (χ1v) is 10.2. The van der Waals surface area contributed by atoms with Gasteiger partial charge in [-0.1, -0.05) is 12.1 Å². The van der Waals surface area contributed by atoms with Crippen LogP contribution in [0, 0.1) is 0 Å². The molecule has 4 heterocycles. The average molecular weight is 419 g/mol. The summed E-state index contributed by atoms with van der Waals surface area (Å²) >= 11 is 0. The molecule has 8 heteroatoms. The highest BCUT2D eigenvalue weighted by Crippen LogP contribution is 2.47. The lowest BCUT2D eigenvalue weighted by Crippen LogP contribution is -2.35. The number of carboxylic acid groups (broad SMARTS) is 1. The summed E-state index contributed by atoms with van der Waals surface area (Å²) in [5.74, 6) is -0.439. The number of fused-ring (bicyclic) bond motifs is 4. The van der Waals surface area contributed by atoms with E-state index in [1.165, 1.54) is 6.07 Å². The van der Waals surface area contributed by atoms with Crippen molar-refractivity contribution in [1.29, 1.82) is 0 Å². The highest BCUT2D eigenvalue weighted by atomic mass is 16.6. The molecule has 1 aromatic carbocycles. The van der Waals surface area contributed by atoms with Gasteiger partial charge in [-0.3, -0.25) is 4.79 Å². The second kappa shape index (κ2) is 7.72. The zero-order valence-corrected chi connectivity index (χ0v) is 16.8. The van der Waals surface area contributed by atoms with E-state index < -0.39 is 11.4 Å². The molecule has 2 aliphatic heterocycles. The largest absolute Gasteiger partial charge is 0.477 e. The van der Waals surface area contributed by atoms with Crippen molar-refractivity contribution in [2.24, 2.45) is 0 Å². The molecule has 1 amide bonds. The van der Waals surface area contributed by atoms with Crippen molar-refractivity contribution in [3.05, 3.63) is 65.0 Å². The molecule has 3 aromatic rings. The van der Waals surface area contributed by atoms with Crippen molar-refractivity contribution in [2.45, 2.75) is 18.3 Å². The van der Waals surface area contributed by atoms with Crippen molar-refractivity contribution >= 4 is 28.6 Å². The molecule has 0 bridgehead atoms. The number of aromatic nitrogens is 2. The molecule has 0 saturated carbocycles. The number of aromatic carboxylic acids is 1. The van der Waals surface area contributed by atoms with Gasteiger partial charge in [-0.05, 0) is 48.2 Å². The summed E-state index contributed by atoms with van der Waals surface area (Å²) in [6.45, 7) is 3.11. The third-order valence-electron chi connectivity index (χ3n) is 5.95. The number of carbonyl (C=O) groups excluding carboxylic acids is 1. The summed E-state index contributed by atoms with van der Waals surface area (Å²) in [5, 5.41) is 12.9. The molecule has 2 N–H and O–H groups in total. The van der Waals surface area contributed by atoms with Gasteiger partial charge in [-0.2, -0.15) is 0 Å². The Balaban J connectivity index is 0.000000296. The number of hydrogen-bond donors (Lipinski definition) is 2. The summed E-state index contributed by atoms with van der Waals surface area (Å²) in [6, 6.07) is 11.0. The fourth-order valence-corrected chi connectivity index (χ4v) is 4.45. The van der Waals surface area contributed by atoms with E-state index in [4.69, 9.17) is 14.6 Å². The summed E-state index contributed by atoms with van der Waals surface area (Å²) in [4.78, 5) is 32.3. The van der Waals surface area contributed by atoms with Gasteiger partial charge in [0, 0.05) is 17.1 Å². The van der Waals surface area contributed by atoms with Crippen molar-refractivity contribution in [1.82, 2.24) is 9.97 Å². The van der Waals surface area contributed by atoms with Gasteiger partial charge in [0.1, 0.15) is 11.5 Å². The molecule has 158 valence electrons. The van der Waals surface area contributed by atoms with Crippen LogP contribution in [0.2, 0.25) is 0 Å². The molecular weight excluding hydrogens is 398 g/mol. The highest BCUT2D eigenvalue weighted by molar-refractivity contribution is 6.06. The second-order valence-corrected chi connectivity index (χ2v) is 7.83. The van der Waals surface area contributed by atoms with Crippen LogP contribution in [0.1, 0.15) is 27.2 Å². The average Bonchev–Trinajstić information content (AvgIpc) is 3.30. The Labute approximate surface area is 178 Å². The molecule has 1 fully saturated rings. The SMILES string of the molecule is C1COCCO1.O=C(O)c1ccc2cc3c(cc2n1)C[C@]1(C3)C(=O)Nc2ncccc21. The number of rotatable bonds is 1. The van der Waals surface area contributed by atoms with Crippen LogP contribution in [0.4, 0.5) is 5.82 Å². The van der Waals surface area contributed by atoms with Gasteiger partial charge in [0.05, 0.1) is 37.4 Å². The molecule has 6 rings (SSSR count). The monoisotopic (exact) mass is 419 g/mol. The first kappa shape index (κ1) is 19.6. The summed E-state index contributed by atoms with van der Waals surface area (Å²) in [5.41, 5.74) is 3.10. The molecule has 2 aromatic heterocycles. The second-order valence-electron chi connectivity index (χ2n) is 7.83. The maximum absolute atomic E-state index is 12.7. The Hall–Kier alpha value is -3.36. The van der Waals surface area contributed by atoms with Crippen LogP contribution >= 0.6 is 0 Å². The van der Waals surface area contributed by atoms with E-state index in [1.54, 1.807) is 12.3 Å². The van der Waals surface area contributed by atoms with Gasteiger partial charge in [-0.15, -0.1) is 0 Å². The summed E-state index contributed by atoms with van der Waals surface area (Å²) in [6.07, 6.45) is 2.86. The molecular formula is C23H21N3O5. The van der Waals surface area contributed by atoms with Gasteiger partial charge in [0.2, 0.25) is 5.91 Å². The van der Waals surface area contributed by atoms with E-state index in [-0.39, 0.29) is 11.6 Å². The molecule has 8 nitrogen and oxygen atoms in total. The smallest absolute Gasteiger partial charge is 0.354 e. The Morgan fingerprint density at radius 1 is 1.03 bits per heavy atom. The number of nitrogens with one attached hydrogen (secondary N) is 1. The number of pyridine rings is 2. The van der Waals surface area contributed by atoms with Crippen molar-refractivity contribution < 1.29 is 24.2 Å².